The standard InChI is InChI=1S/C16H25N/c1-5-7-16(8-6-2)17-14(4)15-11-9-13(3)10-12-15/h9-12,16-17H,4-8H2,1-3H3. The zero-order valence-corrected chi connectivity index (χ0v) is 11.4. The summed E-state index contributed by atoms with van der Waals surface area (Å²) in [5.74, 6) is 0. The molecule has 1 N–H and O–H groups in total. The fourth-order valence-corrected chi connectivity index (χ4v) is 2.07. The minimum absolute atomic E-state index is 0.568. The van der Waals surface area contributed by atoms with Gasteiger partial charge in [0.15, 0.2) is 0 Å². The van der Waals surface area contributed by atoms with E-state index in [4.69, 9.17) is 0 Å². The number of nitrogens with one attached hydrogen (secondary N) is 1. The molecule has 0 aliphatic heterocycles. The Hall–Kier alpha value is -1.24. The molecule has 0 aliphatic carbocycles. The summed E-state index contributed by atoms with van der Waals surface area (Å²) in [6, 6.07) is 9.12. The van der Waals surface area contributed by atoms with Gasteiger partial charge in [0.2, 0.25) is 0 Å². The summed E-state index contributed by atoms with van der Waals surface area (Å²) in [7, 11) is 0. The van der Waals surface area contributed by atoms with Crippen LogP contribution < -0.4 is 5.32 Å². The third kappa shape index (κ3) is 4.64. The van der Waals surface area contributed by atoms with Gasteiger partial charge in [-0.25, -0.2) is 0 Å². The Morgan fingerprint density at radius 1 is 1.12 bits per heavy atom. The summed E-state index contributed by atoms with van der Waals surface area (Å²) in [6.45, 7) is 10.7. The van der Waals surface area contributed by atoms with Gasteiger partial charge in [0, 0.05) is 11.7 Å². The molecule has 1 nitrogen and oxygen atoms in total. The van der Waals surface area contributed by atoms with Crippen molar-refractivity contribution >= 4 is 5.70 Å². The van der Waals surface area contributed by atoms with Crippen molar-refractivity contribution in [1.82, 2.24) is 5.32 Å². The van der Waals surface area contributed by atoms with E-state index in [1.54, 1.807) is 0 Å². The topological polar surface area (TPSA) is 12.0 Å². The predicted octanol–water partition coefficient (Wildman–Crippen LogP) is 4.52. The molecule has 0 aromatic heterocycles. The van der Waals surface area contributed by atoms with Crippen LogP contribution in [0, 0.1) is 6.92 Å². The van der Waals surface area contributed by atoms with E-state index in [2.05, 4.69) is 56.9 Å². The summed E-state index contributed by atoms with van der Waals surface area (Å²) in [6.07, 6.45) is 4.88. The highest BCUT2D eigenvalue weighted by molar-refractivity contribution is 5.61. The van der Waals surface area contributed by atoms with Gasteiger partial charge in [-0.1, -0.05) is 63.1 Å². The van der Waals surface area contributed by atoms with Crippen LogP contribution in [0.3, 0.4) is 0 Å². The van der Waals surface area contributed by atoms with E-state index in [1.165, 1.54) is 36.8 Å². The number of rotatable bonds is 7. The van der Waals surface area contributed by atoms with Crippen molar-refractivity contribution in [3.63, 3.8) is 0 Å². The molecule has 1 aromatic carbocycles. The molecule has 17 heavy (non-hydrogen) atoms. The first kappa shape index (κ1) is 13.8. The molecule has 0 unspecified atom stereocenters. The molecule has 1 aromatic rings. The van der Waals surface area contributed by atoms with Gasteiger partial charge in [0.05, 0.1) is 0 Å². The summed E-state index contributed by atoms with van der Waals surface area (Å²) in [4.78, 5) is 0. The average molecular weight is 231 g/mol. The molecule has 0 atom stereocenters. The van der Waals surface area contributed by atoms with Crippen LogP contribution in [0.5, 0.6) is 0 Å². The molecule has 0 fully saturated rings. The second-order valence-corrected chi connectivity index (χ2v) is 4.76. The van der Waals surface area contributed by atoms with E-state index in [0.717, 1.165) is 5.70 Å². The van der Waals surface area contributed by atoms with Gasteiger partial charge in [-0.2, -0.15) is 0 Å². The Morgan fingerprint density at radius 3 is 2.12 bits per heavy atom. The fourth-order valence-electron chi connectivity index (χ4n) is 2.07. The molecule has 0 heterocycles. The highest BCUT2D eigenvalue weighted by Gasteiger charge is 2.07. The Bertz CT molecular complexity index is 331. The second-order valence-electron chi connectivity index (χ2n) is 4.76. The smallest absolute Gasteiger partial charge is 0.0342 e. The van der Waals surface area contributed by atoms with Crippen molar-refractivity contribution < 1.29 is 0 Å². The van der Waals surface area contributed by atoms with E-state index in [-0.39, 0.29) is 0 Å². The zero-order chi connectivity index (χ0) is 12.7. The van der Waals surface area contributed by atoms with E-state index in [9.17, 15) is 0 Å². The predicted molar refractivity (Wildman–Crippen MR) is 77.0 cm³/mol. The van der Waals surface area contributed by atoms with Gasteiger partial charge in [-0.05, 0) is 25.3 Å². The summed E-state index contributed by atoms with van der Waals surface area (Å²) in [5.41, 5.74) is 3.55. The maximum Gasteiger partial charge on any atom is 0.0342 e. The molecule has 0 bridgehead atoms. The van der Waals surface area contributed by atoms with Crippen LogP contribution in [-0.4, -0.2) is 6.04 Å². The van der Waals surface area contributed by atoms with E-state index in [1.807, 2.05) is 0 Å². The highest BCUT2D eigenvalue weighted by Crippen LogP contribution is 2.14. The van der Waals surface area contributed by atoms with Crippen LogP contribution in [0.2, 0.25) is 0 Å². The first-order valence-corrected chi connectivity index (χ1v) is 6.69. The first-order chi connectivity index (χ1) is 8.17. The molecule has 0 radical (unpaired) electrons. The van der Waals surface area contributed by atoms with Crippen LogP contribution in [-0.2, 0) is 0 Å². The van der Waals surface area contributed by atoms with E-state index >= 15 is 0 Å². The molecule has 0 aliphatic rings. The monoisotopic (exact) mass is 231 g/mol. The van der Waals surface area contributed by atoms with Crippen molar-refractivity contribution in [2.45, 2.75) is 52.5 Å². The highest BCUT2D eigenvalue weighted by atomic mass is 14.9. The Kier molecular flexibility index (Phi) is 5.82. The zero-order valence-electron chi connectivity index (χ0n) is 11.4. The number of aryl methyl sites for hydroxylation is 1. The lowest BCUT2D eigenvalue weighted by molar-refractivity contribution is 0.502. The van der Waals surface area contributed by atoms with Crippen molar-refractivity contribution in [3.05, 3.63) is 42.0 Å². The molecular weight excluding hydrogens is 206 g/mol. The lowest BCUT2D eigenvalue weighted by Crippen LogP contribution is -2.27. The van der Waals surface area contributed by atoms with Gasteiger partial charge in [-0.15, -0.1) is 0 Å². The molecule has 0 amide bonds. The average Bonchev–Trinajstić information content (AvgIpc) is 2.30. The van der Waals surface area contributed by atoms with E-state index < -0.39 is 0 Å². The summed E-state index contributed by atoms with van der Waals surface area (Å²) in [5, 5.41) is 3.56. The normalized spacial score (nSPS) is 10.6. The lowest BCUT2D eigenvalue weighted by Gasteiger charge is -2.20. The van der Waals surface area contributed by atoms with Crippen LogP contribution in [0.1, 0.15) is 50.7 Å². The summed E-state index contributed by atoms with van der Waals surface area (Å²) >= 11 is 0. The van der Waals surface area contributed by atoms with Gasteiger partial charge in [-0.3, -0.25) is 0 Å². The molecule has 1 heteroatoms. The Balaban J connectivity index is 2.60. The molecule has 1 rings (SSSR count). The molecule has 0 spiro atoms. The Morgan fingerprint density at radius 2 is 1.65 bits per heavy atom. The summed E-state index contributed by atoms with van der Waals surface area (Å²) < 4.78 is 0. The van der Waals surface area contributed by atoms with Crippen LogP contribution in [0.4, 0.5) is 0 Å². The van der Waals surface area contributed by atoms with Gasteiger partial charge >= 0.3 is 0 Å². The van der Waals surface area contributed by atoms with Crippen LogP contribution >= 0.6 is 0 Å². The quantitative estimate of drug-likeness (QED) is 0.727. The number of hydrogen-bond acceptors (Lipinski definition) is 1. The second kappa shape index (κ2) is 7.16. The van der Waals surface area contributed by atoms with Gasteiger partial charge in [0.1, 0.15) is 0 Å². The maximum atomic E-state index is 4.15. The van der Waals surface area contributed by atoms with Crippen molar-refractivity contribution in [2.24, 2.45) is 0 Å². The lowest BCUT2D eigenvalue weighted by atomic mass is 10.0. The van der Waals surface area contributed by atoms with Crippen molar-refractivity contribution in [2.75, 3.05) is 0 Å². The maximum absolute atomic E-state index is 4.15. The van der Waals surface area contributed by atoms with Gasteiger partial charge in [0.25, 0.3) is 0 Å². The largest absolute Gasteiger partial charge is 0.382 e. The third-order valence-corrected chi connectivity index (χ3v) is 3.05. The van der Waals surface area contributed by atoms with Crippen LogP contribution in [0.25, 0.3) is 5.70 Å². The van der Waals surface area contributed by atoms with E-state index in [0.29, 0.717) is 6.04 Å². The van der Waals surface area contributed by atoms with Crippen molar-refractivity contribution in [3.8, 4) is 0 Å². The molecule has 0 saturated carbocycles. The van der Waals surface area contributed by atoms with Crippen molar-refractivity contribution in [1.29, 1.82) is 0 Å². The molecule has 94 valence electrons. The minimum atomic E-state index is 0.568. The molecular formula is C16H25N. The fraction of sp³-hybridized carbons (Fsp3) is 0.500. The third-order valence-electron chi connectivity index (χ3n) is 3.05. The minimum Gasteiger partial charge on any atom is -0.382 e. The number of benzene rings is 1. The Labute approximate surface area is 106 Å². The molecule has 0 saturated heterocycles. The SMILES string of the molecule is C=C(NC(CCC)CCC)c1ccc(C)cc1. The van der Waals surface area contributed by atoms with Crippen LogP contribution in [0.15, 0.2) is 30.8 Å². The first-order valence-electron chi connectivity index (χ1n) is 6.69. The van der Waals surface area contributed by atoms with Gasteiger partial charge < -0.3 is 5.32 Å². The number of hydrogen-bond donors (Lipinski definition) is 1.